The molecule has 0 aliphatic heterocycles. The average molecular weight is 241 g/mol. The zero-order valence-electron chi connectivity index (χ0n) is 10.2. The van der Waals surface area contributed by atoms with Crippen molar-refractivity contribution in [1.29, 1.82) is 0 Å². The molecule has 0 amide bonds. The van der Waals surface area contributed by atoms with Crippen LogP contribution in [0.15, 0.2) is 30.5 Å². The highest BCUT2D eigenvalue weighted by Crippen LogP contribution is 2.23. The second-order valence-electron chi connectivity index (χ2n) is 4.45. The summed E-state index contributed by atoms with van der Waals surface area (Å²) in [5, 5.41) is 0. The molecule has 1 N–H and O–H groups in total. The predicted octanol–water partition coefficient (Wildman–Crippen LogP) is 3.38. The van der Waals surface area contributed by atoms with Crippen molar-refractivity contribution >= 4 is 11.2 Å². The lowest BCUT2D eigenvalue weighted by atomic mass is 10.1. The van der Waals surface area contributed by atoms with Crippen LogP contribution in [-0.4, -0.2) is 15.0 Å². The molecule has 0 aliphatic carbocycles. The zero-order valence-corrected chi connectivity index (χ0v) is 10.2. The number of halogens is 1. The van der Waals surface area contributed by atoms with E-state index in [0.717, 1.165) is 16.6 Å². The van der Waals surface area contributed by atoms with E-state index in [1.54, 1.807) is 12.3 Å². The number of aromatic nitrogens is 3. The Morgan fingerprint density at radius 2 is 1.94 bits per heavy atom. The first-order chi connectivity index (χ1) is 8.63. The molecule has 90 valence electrons. The number of aryl methyl sites for hydroxylation is 2. The maximum Gasteiger partial charge on any atom is 0.178 e. The van der Waals surface area contributed by atoms with Crippen LogP contribution in [0.5, 0.6) is 0 Å². The first-order valence-corrected chi connectivity index (χ1v) is 5.72. The van der Waals surface area contributed by atoms with Gasteiger partial charge in [-0.2, -0.15) is 0 Å². The summed E-state index contributed by atoms with van der Waals surface area (Å²) < 4.78 is 13.9. The van der Waals surface area contributed by atoms with Gasteiger partial charge in [0.15, 0.2) is 5.65 Å². The second-order valence-corrected chi connectivity index (χ2v) is 4.45. The van der Waals surface area contributed by atoms with Crippen molar-refractivity contribution in [3.63, 3.8) is 0 Å². The van der Waals surface area contributed by atoms with E-state index < -0.39 is 0 Å². The maximum atomic E-state index is 13.9. The maximum absolute atomic E-state index is 13.9. The van der Waals surface area contributed by atoms with Crippen LogP contribution >= 0.6 is 0 Å². The molecular weight excluding hydrogens is 229 g/mol. The molecule has 3 aromatic rings. The third-order valence-electron chi connectivity index (χ3n) is 2.85. The van der Waals surface area contributed by atoms with Crippen LogP contribution in [-0.2, 0) is 0 Å². The summed E-state index contributed by atoms with van der Waals surface area (Å²) in [5.74, 6) is 0.242. The molecule has 4 heteroatoms. The summed E-state index contributed by atoms with van der Waals surface area (Å²) in [5.41, 5.74) is 3.83. The van der Waals surface area contributed by atoms with E-state index >= 15 is 0 Å². The summed E-state index contributed by atoms with van der Waals surface area (Å²) in [7, 11) is 0. The molecule has 0 saturated heterocycles. The van der Waals surface area contributed by atoms with Gasteiger partial charge in [0, 0.05) is 6.20 Å². The molecule has 0 saturated carbocycles. The van der Waals surface area contributed by atoms with Gasteiger partial charge >= 0.3 is 0 Å². The fourth-order valence-corrected chi connectivity index (χ4v) is 1.94. The van der Waals surface area contributed by atoms with Crippen LogP contribution in [0.4, 0.5) is 4.39 Å². The Bertz CT molecular complexity index is 731. The monoisotopic (exact) mass is 241 g/mol. The summed E-state index contributed by atoms with van der Waals surface area (Å²) >= 11 is 0. The molecule has 18 heavy (non-hydrogen) atoms. The highest BCUT2D eigenvalue weighted by atomic mass is 19.1. The number of hydrogen-bond acceptors (Lipinski definition) is 2. The standard InChI is InChI=1S/C14H12FN3/c1-8-3-4-10(11(15)5-8)13-17-12-6-9(2)7-16-14(12)18-13/h3-7H,1-2H3,(H,16,17,18). The van der Waals surface area contributed by atoms with Crippen molar-refractivity contribution in [2.75, 3.05) is 0 Å². The van der Waals surface area contributed by atoms with E-state index in [1.165, 1.54) is 6.07 Å². The lowest BCUT2D eigenvalue weighted by Crippen LogP contribution is -1.87. The van der Waals surface area contributed by atoms with Crippen LogP contribution in [0.25, 0.3) is 22.6 Å². The minimum Gasteiger partial charge on any atom is -0.336 e. The molecule has 3 nitrogen and oxygen atoms in total. The largest absolute Gasteiger partial charge is 0.336 e. The number of nitrogens with zero attached hydrogens (tertiary/aromatic N) is 2. The number of imidazole rings is 1. The lowest BCUT2D eigenvalue weighted by molar-refractivity contribution is 0.629. The number of fused-ring (bicyclic) bond motifs is 1. The summed E-state index contributed by atoms with van der Waals surface area (Å²) in [6.45, 7) is 3.82. The van der Waals surface area contributed by atoms with Gasteiger partial charge in [-0.1, -0.05) is 6.07 Å². The zero-order chi connectivity index (χ0) is 12.7. The molecule has 0 spiro atoms. The summed E-state index contributed by atoms with van der Waals surface area (Å²) in [6, 6.07) is 7.05. The normalized spacial score (nSPS) is 11.1. The molecule has 2 heterocycles. The van der Waals surface area contributed by atoms with Crippen molar-refractivity contribution in [2.24, 2.45) is 0 Å². The molecule has 1 aromatic carbocycles. The highest BCUT2D eigenvalue weighted by molar-refractivity contribution is 5.76. The Morgan fingerprint density at radius 3 is 2.72 bits per heavy atom. The number of benzene rings is 1. The van der Waals surface area contributed by atoms with Gasteiger partial charge in [0.25, 0.3) is 0 Å². The topological polar surface area (TPSA) is 41.6 Å². The molecule has 0 fully saturated rings. The van der Waals surface area contributed by atoms with Crippen molar-refractivity contribution in [3.05, 3.63) is 47.4 Å². The number of hydrogen-bond donors (Lipinski definition) is 1. The fraction of sp³-hybridized carbons (Fsp3) is 0.143. The van der Waals surface area contributed by atoms with Crippen LogP contribution < -0.4 is 0 Å². The Kier molecular flexibility index (Phi) is 2.37. The van der Waals surface area contributed by atoms with Gasteiger partial charge < -0.3 is 4.98 Å². The predicted molar refractivity (Wildman–Crippen MR) is 68.8 cm³/mol. The molecular formula is C14H12FN3. The van der Waals surface area contributed by atoms with Gasteiger partial charge in [0.2, 0.25) is 0 Å². The molecule has 0 atom stereocenters. The van der Waals surface area contributed by atoms with Crippen LogP contribution in [0.3, 0.4) is 0 Å². The van der Waals surface area contributed by atoms with Crippen LogP contribution in [0, 0.1) is 19.7 Å². The number of pyridine rings is 1. The van der Waals surface area contributed by atoms with Gasteiger partial charge in [0.1, 0.15) is 11.6 Å². The SMILES string of the molecule is Cc1ccc(-c2nc3ncc(C)cc3[nH]2)c(F)c1. The van der Waals surface area contributed by atoms with E-state index in [0.29, 0.717) is 17.0 Å². The third-order valence-corrected chi connectivity index (χ3v) is 2.85. The average Bonchev–Trinajstić information content (AvgIpc) is 2.71. The Balaban J connectivity index is 2.19. The summed E-state index contributed by atoms with van der Waals surface area (Å²) in [6.07, 6.45) is 1.75. The van der Waals surface area contributed by atoms with Gasteiger partial charge in [-0.05, 0) is 43.2 Å². The smallest absolute Gasteiger partial charge is 0.178 e. The van der Waals surface area contributed by atoms with Gasteiger partial charge in [-0.15, -0.1) is 0 Å². The van der Waals surface area contributed by atoms with Crippen molar-refractivity contribution < 1.29 is 4.39 Å². The number of nitrogens with one attached hydrogen (secondary N) is 1. The minimum atomic E-state index is -0.272. The molecule has 0 bridgehead atoms. The quantitative estimate of drug-likeness (QED) is 0.709. The van der Waals surface area contributed by atoms with Crippen molar-refractivity contribution in [2.45, 2.75) is 13.8 Å². The van der Waals surface area contributed by atoms with E-state index in [4.69, 9.17) is 0 Å². The molecule has 0 aliphatic rings. The van der Waals surface area contributed by atoms with E-state index in [2.05, 4.69) is 15.0 Å². The van der Waals surface area contributed by atoms with Crippen molar-refractivity contribution in [1.82, 2.24) is 15.0 Å². The number of H-pyrrole nitrogens is 1. The van der Waals surface area contributed by atoms with E-state index in [9.17, 15) is 4.39 Å². The molecule has 0 unspecified atom stereocenters. The Hall–Kier alpha value is -2.23. The van der Waals surface area contributed by atoms with Crippen LogP contribution in [0.1, 0.15) is 11.1 Å². The minimum absolute atomic E-state index is 0.272. The number of aromatic amines is 1. The first kappa shape index (κ1) is 10.9. The van der Waals surface area contributed by atoms with Gasteiger partial charge in [-0.3, -0.25) is 0 Å². The third kappa shape index (κ3) is 1.76. The first-order valence-electron chi connectivity index (χ1n) is 5.72. The Labute approximate surface area is 104 Å². The highest BCUT2D eigenvalue weighted by Gasteiger charge is 2.10. The molecule has 0 radical (unpaired) electrons. The molecule has 2 aromatic heterocycles. The van der Waals surface area contributed by atoms with Gasteiger partial charge in [-0.25, -0.2) is 14.4 Å². The van der Waals surface area contributed by atoms with Crippen molar-refractivity contribution in [3.8, 4) is 11.4 Å². The lowest BCUT2D eigenvalue weighted by Gasteiger charge is -1.99. The fourth-order valence-electron chi connectivity index (χ4n) is 1.94. The van der Waals surface area contributed by atoms with E-state index in [-0.39, 0.29) is 5.82 Å². The molecule has 3 rings (SSSR count). The Morgan fingerprint density at radius 1 is 1.11 bits per heavy atom. The van der Waals surface area contributed by atoms with Gasteiger partial charge in [0.05, 0.1) is 11.1 Å². The van der Waals surface area contributed by atoms with Crippen LogP contribution in [0.2, 0.25) is 0 Å². The summed E-state index contributed by atoms with van der Waals surface area (Å²) in [4.78, 5) is 11.6. The van der Waals surface area contributed by atoms with E-state index in [1.807, 2.05) is 26.0 Å². The second kappa shape index (κ2) is 3.91. The number of rotatable bonds is 1.